The van der Waals surface area contributed by atoms with Crippen molar-refractivity contribution in [2.45, 2.75) is 0 Å². The summed E-state index contributed by atoms with van der Waals surface area (Å²) in [5.41, 5.74) is 8.21. The maximum Gasteiger partial charge on any atom is 0.255 e. The van der Waals surface area contributed by atoms with Crippen LogP contribution in [0.5, 0.6) is 17.2 Å². The minimum Gasteiger partial charge on any atom is -0.493 e. The second-order valence-corrected chi connectivity index (χ2v) is 7.62. The number of amides is 2. The molecule has 1 heterocycles. The van der Waals surface area contributed by atoms with E-state index in [2.05, 4.69) is 15.3 Å². The molecule has 0 fully saturated rings. The van der Waals surface area contributed by atoms with Gasteiger partial charge >= 0.3 is 0 Å². The number of hydrogen-bond donors (Lipinski definition) is 3. The Hall–Kier alpha value is -4.24. The topological polar surface area (TPSA) is 129 Å². The van der Waals surface area contributed by atoms with Gasteiger partial charge in [-0.15, -0.1) is 0 Å². The van der Waals surface area contributed by atoms with Crippen LogP contribution in [0.3, 0.4) is 0 Å². The van der Waals surface area contributed by atoms with Crippen LogP contribution in [0, 0.1) is 0 Å². The van der Waals surface area contributed by atoms with Gasteiger partial charge in [-0.1, -0.05) is 23.7 Å². The highest BCUT2D eigenvalue weighted by atomic mass is 35.5. The van der Waals surface area contributed by atoms with Crippen molar-refractivity contribution in [2.75, 3.05) is 26.1 Å². The van der Waals surface area contributed by atoms with E-state index in [9.17, 15) is 9.59 Å². The molecular weight excluding hydrogens is 460 g/mol. The number of nitrogens with zero attached hydrogens (tertiary/aromatic N) is 1. The lowest BCUT2D eigenvalue weighted by Gasteiger charge is -2.15. The summed E-state index contributed by atoms with van der Waals surface area (Å²) in [5, 5.41) is 3.43. The molecule has 0 saturated heterocycles. The molecule has 4 N–H and O–H groups in total. The summed E-state index contributed by atoms with van der Waals surface area (Å²) < 4.78 is 16.0. The molecule has 2 amide bonds. The maximum atomic E-state index is 13.0. The van der Waals surface area contributed by atoms with Crippen molar-refractivity contribution in [1.82, 2.24) is 9.97 Å². The molecule has 174 valence electrons. The average Bonchev–Trinajstić information content (AvgIpc) is 3.25. The van der Waals surface area contributed by atoms with Crippen LogP contribution in [0.15, 0.2) is 54.6 Å². The molecule has 0 aliphatic carbocycles. The van der Waals surface area contributed by atoms with E-state index in [0.29, 0.717) is 16.5 Å². The third-order valence-corrected chi connectivity index (χ3v) is 5.28. The summed E-state index contributed by atoms with van der Waals surface area (Å²) >= 11 is 6.28. The Bertz CT molecular complexity index is 1360. The first kappa shape index (κ1) is 22.9. The zero-order valence-electron chi connectivity index (χ0n) is 18.3. The van der Waals surface area contributed by atoms with Gasteiger partial charge in [0.1, 0.15) is 5.82 Å². The molecule has 34 heavy (non-hydrogen) atoms. The first-order valence-corrected chi connectivity index (χ1v) is 10.5. The monoisotopic (exact) mass is 480 g/mol. The number of benzene rings is 3. The number of rotatable bonds is 8. The van der Waals surface area contributed by atoms with E-state index in [1.807, 2.05) is 18.2 Å². The standard InChI is InChI=1S/C24H21ClN4O5/c1-32-19-9-13(10-20(33-2)22(19)34-12-21(26)30)24(31)27-14-7-8-17-18(11-14)29-23(28-17)15-5-3-4-6-16(15)25/h3-11H,12H2,1-2H3,(H2,26,30)(H,27,31)(H,28,29). The van der Waals surface area contributed by atoms with E-state index in [1.54, 1.807) is 24.3 Å². The van der Waals surface area contributed by atoms with E-state index in [1.165, 1.54) is 26.4 Å². The minimum absolute atomic E-state index is 0.173. The highest BCUT2D eigenvalue weighted by Crippen LogP contribution is 2.39. The molecule has 9 nitrogen and oxygen atoms in total. The third kappa shape index (κ3) is 4.74. The minimum atomic E-state index is -0.655. The first-order chi connectivity index (χ1) is 16.4. The van der Waals surface area contributed by atoms with E-state index in [-0.39, 0.29) is 29.4 Å². The van der Waals surface area contributed by atoms with Gasteiger partial charge in [0, 0.05) is 16.8 Å². The van der Waals surface area contributed by atoms with Gasteiger partial charge in [-0.05, 0) is 42.5 Å². The summed E-state index contributed by atoms with van der Waals surface area (Å²) in [6.45, 7) is -0.362. The second-order valence-electron chi connectivity index (χ2n) is 7.22. The predicted molar refractivity (Wildman–Crippen MR) is 129 cm³/mol. The number of nitrogens with two attached hydrogens (primary N) is 1. The number of nitrogens with one attached hydrogen (secondary N) is 2. The molecule has 0 saturated carbocycles. The Morgan fingerprint density at radius 1 is 1.06 bits per heavy atom. The molecule has 0 aliphatic heterocycles. The highest BCUT2D eigenvalue weighted by molar-refractivity contribution is 6.33. The molecule has 0 unspecified atom stereocenters. The van der Waals surface area contributed by atoms with Gasteiger partial charge in [-0.2, -0.15) is 0 Å². The number of halogens is 1. The number of methoxy groups -OCH3 is 2. The van der Waals surface area contributed by atoms with Crippen LogP contribution in [0.1, 0.15) is 10.4 Å². The van der Waals surface area contributed by atoms with Gasteiger partial charge in [0.25, 0.3) is 11.8 Å². The van der Waals surface area contributed by atoms with Crippen molar-refractivity contribution < 1.29 is 23.8 Å². The van der Waals surface area contributed by atoms with Crippen molar-refractivity contribution >= 4 is 40.1 Å². The molecule has 1 aromatic heterocycles. The van der Waals surface area contributed by atoms with Gasteiger partial charge < -0.3 is 30.2 Å². The van der Waals surface area contributed by atoms with E-state index in [4.69, 9.17) is 31.5 Å². The number of fused-ring (bicyclic) bond motifs is 1. The largest absolute Gasteiger partial charge is 0.493 e. The van der Waals surface area contributed by atoms with Gasteiger partial charge in [-0.3, -0.25) is 9.59 Å². The normalized spacial score (nSPS) is 10.7. The average molecular weight is 481 g/mol. The lowest BCUT2D eigenvalue weighted by atomic mass is 10.1. The number of ether oxygens (including phenoxy) is 3. The van der Waals surface area contributed by atoms with Crippen LogP contribution < -0.4 is 25.3 Å². The van der Waals surface area contributed by atoms with Crippen LogP contribution in [0.2, 0.25) is 5.02 Å². The number of primary amides is 1. The van der Waals surface area contributed by atoms with Crippen molar-refractivity contribution in [2.24, 2.45) is 5.73 Å². The van der Waals surface area contributed by atoms with Crippen LogP contribution in [0.25, 0.3) is 22.4 Å². The molecule has 4 rings (SSSR count). The second kappa shape index (κ2) is 9.72. The Kier molecular flexibility index (Phi) is 6.55. The molecular formula is C24H21ClN4O5. The molecule has 0 radical (unpaired) electrons. The molecule has 0 atom stereocenters. The number of aromatic nitrogens is 2. The number of hydrogen-bond acceptors (Lipinski definition) is 6. The summed E-state index contributed by atoms with van der Waals surface area (Å²) in [6.07, 6.45) is 0. The van der Waals surface area contributed by atoms with Gasteiger partial charge in [-0.25, -0.2) is 4.98 Å². The number of imidazole rings is 1. The van der Waals surface area contributed by atoms with Crippen LogP contribution in [-0.4, -0.2) is 42.6 Å². The summed E-state index contributed by atoms with van der Waals surface area (Å²) in [4.78, 5) is 31.8. The van der Waals surface area contributed by atoms with Crippen LogP contribution >= 0.6 is 11.6 Å². The van der Waals surface area contributed by atoms with Gasteiger partial charge in [0.05, 0.1) is 30.3 Å². The molecule has 4 aromatic rings. The Labute approximate surface area is 199 Å². The Morgan fingerprint density at radius 3 is 2.41 bits per heavy atom. The fraction of sp³-hybridized carbons (Fsp3) is 0.125. The number of H-pyrrole nitrogens is 1. The van der Waals surface area contributed by atoms with Crippen molar-refractivity contribution in [3.05, 3.63) is 65.2 Å². The summed E-state index contributed by atoms with van der Waals surface area (Å²) in [7, 11) is 2.83. The number of carbonyl (C=O) groups is 2. The van der Waals surface area contributed by atoms with Crippen molar-refractivity contribution in [3.63, 3.8) is 0 Å². The SMILES string of the molecule is COc1cc(C(=O)Nc2ccc3nc(-c4ccccc4Cl)[nH]c3c2)cc(OC)c1OCC(N)=O. The molecule has 0 aliphatic rings. The Morgan fingerprint density at radius 2 is 1.76 bits per heavy atom. The van der Waals surface area contributed by atoms with Gasteiger partial charge in [0.2, 0.25) is 5.75 Å². The van der Waals surface area contributed by atoms with Crippen LogP contribution in [-0.2, 0) is 4.79 Å². The van der Waals surface area contributed by atoms with E-state index >= 15 is 0 Å². The first-order valence-electron chi connectivity index (χ1n) is 10.1. The highest BCUT2D eigenvalue weighted by Gasteiger charge is 2.19. The smallest absolute Gasteiger partial charge is 0.255 e. The van der Waals surface area contributed by atoms with E-state index in [0.717, 1.165) is 16.6 Å². The maximum absolute atomic E-state index is 13.0. The zero-order chi connectivity index (χ0) is 24.2. The summed E-state index contributed by atoms with van der Waals surface area (Å²) in [6, 6.07) is 15.7. The fourth-order valence-corrected chi connectivity index (χ4v) is 3.59. The molecule has 0 spiro atoms. The van der Waals surface area contributed by atoms with Crippen LogP contribution in [0.4, 0.5) is 5.69 Å². The van der Waals surface area contributed by atoms with Crippen molar-refractivity contribution in [1.29, 1.82) is 0 Å². The molecule has 3 aromatic carbocycles. The van der Waals surface area contributed by atoms with Gasteiger partial charge in [0.15, 0.2) is 18.1 Å². The van der Waals surface area contributed by atoms with Crippen molar-refractivity contribution in [3.8, 4) is 28.6 Å². The lowest BCUT2D eigenvalue weighted by molar-refractivity contribution is -0.120. The lowest BCUT2D eigenvalue weighted by Crippen LogP contribution is -2.20. The summed E-state index contributed by atoms with van der Waals surface area (Å²) in [5.74, 6) is 0.191. The number of anilines is 1. The quantitative estimate of drug-likeness (QED) is 0.349. The zero-order valence-corrected chi connectivity index (χ0v) is 19.1. The molecule has 0 bridgehead atoms. The molecule has 10 heteroatoms. The number of carbonyl (C=O) groups excluding carboxylic acids is 2. The van der Waals surface area contributed by atoms with E-state index < -0.39 is 11.8 Å². The number of aromatic amines is 1. The third-order valence-electron chi connectivity index (χ3n) is 4.95. The fourth-order valence-electron chi connectivity index (χ4n) is 3.37. The Balaban J connectivity index is 1.60. The predicted octanol–water partition coefficient (Wildman–Crippen LogP) is 4.02.